The first-order valence-corrected chi connectivity index (χ1v) is 8.98. The summed E-state index contributed by atoms with van der Waals surface area (Å²) in [4.78, 5) is 15.3. The lowest BCUT2D eigenvalue weighted by Gasteiger charge is -2.41. The predicted octanol–water partition coefficient (Wildman–Crippen LogP) is 3.08. The van der Waals surface area contributed by atoms with Crippen molar-refractivity contribution in [3.8, 4) is 11.5 Å². The van der Waals surface area contributed by atoms with E-state index in [0.717, 1.165) is 0 Å². The first-order valence-electron chi connectivity index (χ1n) is 8.98. The number of aliphatic hydroxyl groups excluding tert-OH is 1. The standard InChI is InChI=1S/C20H21N3O6/c1-12-17(24)18(29-19(25)13-6-4-3-5-7-13)16(22-23-21)20(27-12)28-15-10-8-14(26-2)9-11-15/h3-12,16-18,20,24H,1-2H3/t12-,16+,17-,18-,20-/m0/s1. The van der Waals surface area contributed by atoms with Crippen molar-refractivity contribution < 1.29 is 28.8 Å². The minimum atomic E-state index is -1.20. The summed E-state index contributed by atoms with van der Waals surface area (Å²) in [5.74, 6) is 0.433. The zero-order valence-electron chi connectivity index (χ0n) is 15.9. The molecule has 0 bridgehead atoms. The number of hydrogen-bond acceptors (Lipinski definition) is 7. The van der Waals surface area contributed by atoms with Crippen LogP contribution in [0.25, 0.3) is 10.4 Å². The molecular formula is C20H21N3O6. The number of aliphatic hydroxyl groups is 1. The molecule has 1 aliphatic heterocycles. The molecule has 2 aromatic carbocycles. The Balaban J connectivity index is 1.83. The molecule has 152 valence electrons. The van der Waals surface area contributed by atoms with Crippen molar-refractivity contribution in [2.75, 3.05) is 7.11 Å². The van der Waals surface area contributed by atoms with Crippen LogP contribution in [0.3, 0.4) is 0 Å². The van der Waals surface area contributed by atoms with Gasteiger partial charge in [-0.1, -0.05) is 23.3 Å². The van der Waals surface area contributed by atoms with Gasteiger partial charge in [0.1, 0.15) is 29.7 Å². The minimum absolute atomic E-state index is 0.311. The Morgan fingerprint density at radius 1 is 1.14 bits per heavy atom. The summed E-state index contributed by atoms with van der Waals surface area (Å²) in [6, 6.07) is 14.0. The highest BCUT2D eigenvalue weighted by molar-refractivity contribution is 5.89. The molecule has 3 rings (SSSR count). The topological polar surface area (TPSA) is 123 Å². The molecule has 0 amide bonds. The number of nitrogens with zero attached hydrogens (tertiary/aromatic N) is 3. The number of hydrogen-bond donors (Lipinski definition) is 1. The second-order valence-electron chi connectivity index (χ2n) is 6.43. The van der Waals surface area contributed by atoms with E-state index in [4.69, 9.17) is 24.5 Å². The molecule has 1 aliphatic rings. The Bertz CT molecular complexity index is 870. The molecule has 1 fully saturated rings. The monoisotopic (exact) mass is 399 g/mol. The molecule has 0 radical (unpaired) electrons. The lowest BCUT2D eigenvalue weighted by Crippen LogP contribution is -2.58. The molecular weight excluding hydrogens is 378 g/mol. The highest BCUT2D eigenvalue weighted by atomic mass is 16.7. The van der Waals surface area contributed by atoms with Gasteiger partial charge < -0.3 is 24.1 Å². The van der Waals surface area contributed by atoms with Crippen LogP contribution < -0.4 is 9.47 Å². The van der Waals surface area contributed by atoms with Crippen LogP contribution in [0.4, 0.5) is 0 Å². The van der Waals surface area contributed by atoms with Crippen molar-refractivity contribution in [2.45, 2.75) is 37.6 Å². The van der Waals surface area contributed by atoms with Crippen LogP contribution in [0, 0.1) is 0 Å². The summed E-state index contributed by atoms with van der Waals surface area (Å²) in [7, 11) is 1.55. The fraction of sp³-hybridized carbons (Fsp3) is 0.350. The summed E-state index contributed by atoms with van der Waals surface area (Å²) < 4.78 is 22.1. The summed E-state index contributed by atoms with van der Waals surface area (Å²) in [6.45, 7) is 1.62. The van der Waals surface area contributed by atoms with Gasteiger partial charge in [0.15, 0.2) is 0 Å². The van der Waals surface area contributed by atoms with E-state index in [1.54, 1.807) is 68.6 Å². The molecule has 29 heavy (non-hydrogen) atoms. The zero-order valence-corrected chi connectivity index (χ0v) is 15.9. The molecule has 9 nitrogen and oxygen atoms in total. The van der Waals surface area contributed by atoms with Crippen molar-refractivity contribution in [1.29, 1.82) is 0 Å². The normalized spacial score (nSPS) is 26.1. The molecule has 1 saturated heterocycles. The van der Waals surface area contributed by atoms with E-state index in [1.165, 1.54) is 0 Å². The maximum Gasteiger partial charge on any atom is 0.338 e. The number of carbonyl (C=O) groups excluding carboxylic acids is 1. The lowest BCUT2D eigenvalue weighted by molar-refractivity contribution is -0.226. The van der Waals surface area contributed by atoms with Gasteiger partial charge in [-0.05, 0) is 48.9 Å². The van der Waals surface area contributed by atoms with E-state index in [-0.39, 0.29) is 0 Å². The van der Waals surface area contributed by atoms with Gasteiger partial charge >= 0.3 is 5.97 Å². The van der Waals surface area contributed by atoms with Crippen molar-refractivity contribution in [2.24, 2.45) is 5.11 Å². The maximum atomic E-state index is 12.5. The van der Waals surface area contributed by atoms with E-state index in [1.807, 2.05) is 0 Å². The Morgan fingerprint density at radius 3 is 2.41 bits per heavy atom. The van der Waals surface area contributed by atoms with E-state index < -0.39 is 36.6 Å². The van der Waals surface area contributed by atoms with Crippen molar-refractivity contribution in [3.05, 3.63) is 70.6 Å². The average molecular weight is 399 g/mol. The van der Waals surface area contributed by atoms with E-state index >= 15 is 0 Å². The summed E-state index contributed by atoms with van der Waals surface area (Å²) >= 11 is 0. The number of methoxy groups -OCH3 is 1. The summed E-state index contributed by atoms with van der Waals surface area (Å²) in [5, 5.41) is 14.2. The molecule has 0 spiro atoms. The number of carbonyl (C=O) groups is 1. The Morgan fingerprint density at radius 2 is 1.79 bits per heavy atom. The van der Waals surface area contributed by atoms with Crippen LogP contribution in [-0.4, -0.2) is 48.8 Å². The second kappa shape index (κ2) is 9.29. The number of esters is 1. The quantitative estimate of drug-likeness (QED) is 0.345. The van der Waals surface area contributed by atoms with Crippen LogP contribution in [0.2, 0.25) is 0 Å². The van der Waals surface area contributed by atoms with E-state index in [2.05, 4.69) is 10.0 Å². The lowest BCUT2D eigenvalue weighted by atomic mass is 9.97. The highest BCUT2D eigenvalue weighted by Crippen LogP contribution is 2.29. The van der Waals surface area contributed by atoms with Crippen molar-refractivity contribution in [1.82, 2.24) is 0 Å². The zero-order chi connectivity index (χ0) is 20.8. The van der Waals surface area contributed by atoms with E-state index in [9.17, 15) is 9.90 Å². The summed E-state index contributed by atoms with van der Waals surface area (Å²) in [6.07, 6.45) is -4.14. The van der Waals surface area contributed by atoms with Crippen LogP contribution in [0.15, 0.2) is 59.7 Å². The molecule has 0 saturated carbocycles. The Labute approximate surface area is 167 Å². The van der Waals surface area contributed by atoms with Gasteiger partial charge in [-0.15, -0.1) is 0 Å². The van der Waals surface area contributed by atoms with Gasteiger partial charge in [-0.3, -0.25) is 0 Å². The highest BCUT2D eigenvalue weighted by Gasteiger charge is 2.47. The number of rotatable bonds is 6. The number of ether oxygens (including phenoxy) is 4. The third-order valence-electron chi connectivity index (χ3n) is 4.53. The average Bonchev–Trinajstić information content (AvgIpc) is 2.75. The molecule has 1 heterocycles. The van der Waals surface area contributed by atoms with Gasteiger partial charge in [0, 0.05) is 4.91 Å². The second-order valence-corrected chi connectivity index (χ2v) is 6.43. The molecule has 5 atom stereocenters. The first-order chi connectivity index (χ1) is 14.0. The third-order valence-corrected chi connectivity index (χ3v) is 4.53. The molecule has 0 aromatic heterocycles. The van der Waals surface area contributed by atoms with E-state index in [0.29, 0.717) is 17.1 Å². The van der Waals surface area contributed by atoms with Gasteiger partial charge in [0.25, 0.3) is 0 Å². The largest absolute Gasteiger partial charge is 0.497 e. The Hall–Kier alpha value is -3.26. The summed E-state index contributed by atoms with van der Waals surface area (Å²) in [5.41, 5.74) is 9.31. The maximum absolute atomic E-state index is 12.5. The van der Waals surface area contributed by atoms with Crippen molar-refractivity contribution >= 4 is 5.97 Å². The van der Waals surface area contributed by atoms with Gasteiger partial charge in [-0.25, -0.2) is 4.79 Å². The molecule has 9 heteroatoms. The number of benzene rings is 2. The molecule has 2 aromatic rings. The molecule has 0 unspecified atom stereocenters. The van der Waals surface area contributed by atoms with Crippen LogP contribution in [0.1, 0.15) is 17.3 Å². The van der Waals surface area contributed by atoms with Gasteiger partial charge in [-0.2, -0.15) is 0 Å². The van der Waals surface area contributed by atoms with Crippen LogP contribution >= 0.6 is 0 Å². The fourth-order valence-corrected chi connectivity index (χ4v) is 2.97. The smallest absolute Gasteiger partial charge is 0.338 e. The molecule has 1 N–H and O–H groups in total. The minimum Gasteiger partial charge on any atom is -0.497 e. The van der Waals surface area contributed by atoms with Gasteiger partial charge in [0.05, 0.1) is 18.8 Å². The van der Waals surface area contributed by atoms with Crippen molar-refractivity contribution in [3.63, 3.8) is 0 Å². The number of azide groups is 1. The SMILES string of the molecule is COc1ccc(O[C@@H]2O[C@@H](C)[C@H](O)[C@@H](OC(=O)c3ccccc3)[C@H]2N=[N+]=[N-])cc1. The van der Waals surface area contributed by atoms with Gasteiger partial charge in [0.2, 0.25) is 6.29 Å². The first kappa shape index (κ1) is 20.5. The molecule has 0 aliphatic carbocycles. The Kier molecular flexibility index (Phi) is 6.56. The third kappa shape index (κ3) is 4.78. The van der Waals surface area contributed by atoms with Crippen LogP contribution in [-0.2, 0) is 9.47 Å². The predicted molar refractivity (Wildman–Crippen MR) is 103 cm³/mol. The fourth-order valence-electron chi connectivity index (χ4n) is 2.97. The van der Waals surface area contributed by atoms with Crippen LogP contribution in [0.5, 0.6) is 11.5 Å².